The van der Waals surface area contributed by atoms with Crippen molar-refractivity contribution in [2.24, 2.45) is 0 Å². The van der Waals surface area contributed by atoms with Gasteiger partial charge in [0.25, 0.3) is 0 Å². The smallest absolute Gasteiger partial charge is 0.0208 e. The number of aryl methyl sites for hydroxylation is 1. The molecule has 0 unspecified atom stereocenters. The van der Waals surface area contributed by atoms with E-state index in [0.29, 0.717) is 0 Å². The van der Waals surface area contributed by atoms with Crippen molar-refractivity contribution in [2.75, 3.05) is 6.54 Å². The van der Waals surface area contributed by atoms with Gasteiger partial charge in [-0.15, -0.1) is 0 Å². The first-order chi connectivity index (χ1) is 8.77. The molecule has 0 aromatic heterocycles. The summed E-state index contributed by atoms with van der Waals surface area (Å²) in [5.74, 6) is 0. The van der Waals surface area contributed by atoms with Gasteiger partial charge in [-0.2, -0.15) is 0 Å². The van der Waals surface area contributed by atoms with Crippen LogP contribution >= 0.6 is 0 Å². The van der Waals surface area contributed by atoms with Gasteiger partial charge in [0.15, 0.2) is 0 Å². The van der Waals surface area contributed by atoms with Crippen molar-refractivity contribution in [1.82, 2.24) is 5.32 Å². The Morgan fingerprint density at radius 1 is 0.944 bits per heavy atom. The zero-order valence-electron chi connectivity index (χ0n) is 11.1. The zero-order valence-corrected chi connectivity index (χ0v) is 11.1. The molecule has 2 aromatic carbocycles. The molecule has 0 radical (unpaired) electrons. The lowest BCUT2D eigenvalue weighted by atomic mass is 9.88. The molecule has 1 heterocycles. The summed E-state index contributed by atoms with van der Waals surface area (Å²) in [6.07, 6.45) is 1.14. The molecule has 18 heavy (non-hydrogen) atoms. The quantitative estimate of drug-likeness (QED) is 0.799. The highest BCUT2D eigenvalue weighted by molar-refractivity contribution is 5.73. The SMILES string of the molecule is Cc1cccc(-c2cccc3c2CCNC3)c1C. The highest BCUT2D eigenvalue weighted by atomic mass is 14.9. The van der Waals surface area contributed by atoms with Crippen molar-refractivity contribution in [1.29, 1.82) is 0 Å². The fourth-order valence-corrected chi connectivity index (χ4v) is 2.83. The first-order valence-electron chi connectivity index (χ1n) is 6.65. The molecule has 0 saturated carbocycles. The molecule has 3 rings (SSSR count). The minimum absolute atomic E-state index is 1.01. The van der Waals surface area contributed by atoms with Gasteiger partial charge in [0.05, 0.1) is 0 Å². The van der Waals surface area contributed by atoms with Crippen LogP contribution in [0.3, 0.4) is 0 Å². The summed E-state index contributed by atoms with van der Waals surface area (Å²) >= 11 is 0. The summed E-state index contributed by atoms with van der Waals surface area (Å²) in [5.41, 5.74) is 8.59. The van der Waals surface area contributed by atoms with Gasteiger partial charge in [-0.3, -0.25) is 0 Å². The molecule has 2 aromatic rings. The first-order valence-corrected chi connectivity index (χ1v) is 6.65. The Labute approximate surface area is 109 Å². The third-order valence-corrected chi connectivity index (χ3v) is 4.04. The van der Waals surface area contributed by atoms with Crippen molar-refractivity contribution in [3.63, 3.8) is 0 Å². The molecular weight excluding hydrogens is 218 g/mol. The Morgan fingerprint density at radius 2 is 1.72 bits per heavy atom. The van der Waals surface area contributed by atoms with Gasteiger partial charge in [0.2, 0.25) is 0 Å². The van der Waals surface area contributed by atoms with E-state index in [1.54, 1.807) is 0 Å². The lowest BCUT2D eigenvalue weighted by Gasteiger charge is -2.21. The normalized spacial score (nSPS) is 14.3. The number of benzene rings is 2. The molecule has 1 N–H and O–H groups in total. The largest absolute Gasteiger partial charge is 0.312 e. The van der Waals surface area contributed by atoms with Crippen LogP contribution in [0.5, 0.6) is 0 Å². The maximum atomic E-state index is 3.45. The van der Waals surface area contributed by atoms with Crippen molar-refractivity contribution < 1.29 is 0 Å². The molecule has 0 aliphatic carbocycles. The fourth-order valence-electron chi connectivity index (χ4n) is 2.83. The lowest BCUT2D eigenvalue weighted by molar-refractivity contribution is 0.645. The second-order valence-corrected chi connectivity index (χ2v) is 5.12. The molecule has 0 amide bonds. The monoisotopic (exact) mass is 237 g/mol. The average Bonchev–Trinajstić information content (AvgIpc) is 2.41. The van der Waals surface area contributed by atoms with Gasteiger partial charge in [-0.1, -0.05) is 36.4 Å². The summed E-state index contributed by atoms with van der Waals surface area (Å²) in [6.45, 7) is 6.52. The van der Waals surface area contributed by atoms with E-state index in [1.807, 2.05) is 0 Å². The standard InChI is InChI=1S/C17H19N/c1-12-5-3-7-15(13(12)2)17-8-4-6-14-11-18-10-9-16(14)17/h3-8,18H,9-11H2,1-2H3. The highest BCUT2D eigenvalue weighted by Crippen LogP contribution is 2.31. The third kappa shape index (κ3) is 1.85. The Balaban J connectivity index is 2.20. The van der Waals surface area contributed by atoms with Gasteiger partial charge < -0.3 is 5.32 Å². The molecule has 0 spiro atoms. The number of hydrogen-bond donors (Lipinski definition) is 1. The Bertz CT molecular complexity index is 584. The van der Waals surface area contributed by atoms with Crippen LogP contribution in [0.1, 0.15) is 22.3 Å². The second kappa shape index (κ2) is 4.58. The van der Waals surface area contributed by atoms with Crippen LogP contribution in [0.25, 0.3) is 11.1 Å². The van der Waals surface area contributed by atoms with E-state index in [4.69, 9.17) is 0 Å². The molecule has 0 fully saturated rings. The number of rotatable bonds is 1. The number of fused-ring (bicyclic) bond motifs is 1. The molecule has 92 valence electrons. The van der Waals surface area contributed by atoms with Crippen molar-refractivity contribution in [3.05, 3.63) is 58.7 Å². The Kier molecular flexibility index (Phi) is 2.92. The Morgan fingerprint density at radius 3 is 2.61 bits per heavy atom. The van der Waals surface area contributed by atoms with E-state index >= 15 is 0 Å². The molecule has 1 aliphatic heterocycles. The van der Waals surface area contributed by atoms with Crippen LogP contribution in [0.15, 0.2) is 36.4 Å². The highest BCUT2D eigenvalue weighted by Gasteiger charge is 2.14. The first kappa shape index (κ1) is 11.5. The third-order valence-electron chi connectivity index (χ3n) is 4.04. The molecule has 1 heteroatoms. The minimum Gasteiger partial charge on any atom is -0.312 e. The van der Waals surface area contributed by atoms with Crippen LogP contribution < -0.4 is 5.32 Å². The van der Waals surface area contributed by atoms with Crippen LogP contribution in [-0.4, -0.2) is 6.54 Å². The van der Waals surface area contributed by atoms with E-state index in [9.17, 15) is 0 Å². The Hall–Kier alpha value is -1.60. The maximum Gasteiger partial charge on any atom is 0.0208 e. The molecular formula is C17H19N. The molecule has 0 saturated heterocycles. The summed E-state index contributed by atoms with van der Waals surface area (Å²) in [5, 5.41) is 3.45. The van der Waals surface area contributed by atoms with Crippen LogP contribution in [-0.2, 0) is 13.0 Å². The van der Waals surface area contributed by atoms with Crippen LogP contribution in [0.2, 0.25) is 0 Å². The molecule has 0 bridgehead atoms. The van der Waals surface area contributed by atoms with Crippen molar-refractivity contribution >= 4 is 0 Å². The number of nitrogens with one attached hydrogen (secondary N) is 1. The lowest BCUT2D eigenvalue weighted by Crippen LogP contribution is -2.24. The van der Waals surface area contributed by atoms with Gasteiger partial charge in [0.1, 0.15) is 0 Å². The van der Waals surface area contributed by atoms with Gasteiger partial charge in [-0.25, -0.2) is 0 Å². The summed E-state index contributed by atoms with van der Waals surface area (Å²) in [7, 11) is 0. The van der Waals surface area contributed by atoms with Crippen molar-refractivity contribution in [2.45, 2.75) is 26.8 Å². The average molecular weight is 237 g/mol. The summed E-state index contributed by atoms with van der Waals surface area (Å²) in [4.78, 5) is 0. The molecule has 0 atom stereocenters. The van der Waals surface area contributed by atoms with E-state index < -0.39 is 0 Å². The topological polar surface area (TPSA) is 12.0 Å². The van der Waals surface area contributed by atoms with Crippen LogP contribution in [0.4, 0.5) is 0 Å². The number of hydrogen-bond acceptors (Lipinski definition) is 1. The van der Waals surface area contributed by atoms with Gasteiger partial charge in [0, 0.05) is 6.54 Å². The predicted molar refractivity (Wildman–Crippen MR) is 76.8 cm³/mol. The zero-order chi connectivity index (χ0) is 12.5. The van der Waals surface area contributed by atoms with E-state index in [1.165, 1.54) is 33.4 Å². The fraction of sp³-hybridized carbons (Fsp3) is 0.294. The van der Waals surface area contributed by atoms with E-state index in [-0.39, 0.29) is 0 Å². The van der Waals surface area contributed by atoms with Crippen molar-refractivity contribution in [3.8, 4) is 11.1 Å². The minimum atomic E-state index is 1.01. The molecule has 1 aliphatic rings. The van der Waals surface area contributed by atoms with Gasteiger partial charge >= 0.3 is 0 Å². The molecule has 1 nitrogen and oxygen atoms in total. The van der Waals surface area contributed by atoms with Gasteiger partial charge in [-0.05, 0) is 60.2 Å². The van der Waals surface area contributed by atoms with Crippen LogP contribution in [0, 0.1) is 13.8 Å². The van der Waals surface area contributed by atoms with E-state index in [0.717, 1.165) is 19.5 Å². The summed E-state index contributed by atoms with van der Waals surface area (Å²) < 4.78 is 0. The predicted octanol–water partition coefficient (Wildman–Crippen LogP) is 3.62. The van der Waals surface area contributed by atoms with E-state index in [2.05, 4.69) is 55.6 Å². The maximum absolute atomic E-state index is 3.45. The second-order valence-electron chi connectivity index (χ2n) is 5.12. The summed E-state index contributed by atoms with van der Waals surface area (Å²) in [6, 6.07) is 13.3.